The molecule has 1 aromatic rings. The molecular formula is C14H25N3O3. The summed E-state index contributed by atoms with van der Waals surface area (Å²) in [7, 11) is 5.64. The first-order chi connectivity index (χ1) is 9.54. The van der Waals surface area contributed by atoms with Crippen LogP contribution in [0.15, 0.2) is 6.20 Å². The zero-order chi connectivity index (χ0) is 14.7. The smallest absolute Gasteiger partial charge is 0.162 e. The highest BCUT2D eigenvalue weighted by Gasteiger charge is 2.35. The summed E-state index contributed by atoms with van der Waals surface area (Å²) in [5.74, 6) is 0.745. The Morgan fingerprint density at radius 2 is 2.35 bits per heavy atom. The molecule has 2 rings (SSSR count). The molecule has 1 aromatic heterocycles. The molecule has 0 aromatic carbocycles. The first-order valence-electron chi connectivity index (χ1n) is 7.08. The average molecular weight is 283 g/mol. The van der Waals surface area contributed by atoms with Crippen molar-refractivity contribution in [3.8, 4) is 5.75 Å². The lowest BCUT2D eigenvalue weighted by Crippen LogP contribution is -2.25. The maximum absolute atomic E-state index is 10.7. The number of ether oxygens (including phenoxy) is 2. The van der Waals surface area contributed by atoms with Crippen molar-refractivity contribution < 1.29 is 14.6 Å². The molecule has 3 unspecified atom stereocenters. The number of aliphatic hydroxyl groups excluding tert-OH is 1. The van der Waals surface area contributed by atoms with E-state index in [2.05, 4.69) is 10.00 Å². The Kier molecular flexibility index (Phi) is 5.01. The molecule has 3 atom stereocenters. The molecule has 20 heavy (non-hydrogen) atoms. The molecule has 0 amide bonds. The lowest BCUT2D eigenvalue weighted by atomic mass is 9.93. The van der Waals surface area contributed by atoms with Gasteiger partial charge in [0, 0.05) is 19.1 Å². The fourth-order valence-electron chi connectivity index (χ4n) is 2.67. The van der Waals surface area contributed by atoms with Gasteiger partial charge in [0.25, 0.3) is 0 Å². The molecule has 0 spiro atoms. The van der Waals surface area contributed by atoms with Crippen LogP contribution in [0.4, 0.5) is 0 Å². The van der Waals surface area contributed by atoms with Gasteiger partial charge in [-0.05, 0) is 27.4 Å². The van der Waals surface area contributed by atoms with Crippen molar-refractivity contribution in [2.24, 2.45) is 5.92 Å². The maximum Gasteiger partial charge on any atom is 0.162 e. The molecule has 0 saturated carbocycles. The van der Waals surface area contributed by atoms with Crippen LogP contribution in [0.3, 0.4) is 0 Å². The maximum atomic E-state index is 10.7. The van der Waals surface area contributed by atoms with Crippen LogP contribution < -0.4 is 4.74 Å². The van der Waals surface area contributed by atoms with E-state index in [9.17, 15) is 5.11 Å². The monoisotopic (exact) mass is 283 g/mol. The summed E-state index contributed by atoms with van der Waals surface area (Å²) in [6.07, 6.45) is 2.00. The number of hydrogen-bond acceptors (Lipinski definition) is 5. The highest BCUT2D eigenvalue weighted by Crippen LogP contribution is 2.37. The van der Waals surface area contributed by atoms with Gasteiger partial charge < -0.3 is 19.5 Å². The molecule has 0 aliphatic carbocycles. The van der Waals surface area contributed by atoms with Crippen molar-refractivity contribution >= 4 is 0 Å². The van der Waals surface area contributed by atoms with Gasteiger partial charge in [-0.2, -0.15) is 5.10 Å². The van der Waals surface area contributed by atoms with Crippen LogP contribution in [0, 0.1) is 5.92 Å². The molecule has 114 valence electrons. The van der Waals surface area contributed by atoms with Gasteiger partial charge in [-0.1, -0.05) is 0 Å². The number of hydrogen-bond donors (Lipinski definition) is 1. The molecule has 1 aliphatic rings. The van der Waals surface area contributed by atoms with E-state index in [1.807, 2.05) is 25.7 Å². The van der Waals surface area contributed by atoms with Gasteiger partial charge >= 0.3 is 0 Å². The topological polar surface area (TPSA) is 59.8 Å². The third-order valence-corrected chi connectivity index (χ3v) is 3.94. The second-order valence-electron chi connectivity index (χ2n) is 5.60. The van der Waals surface area contributed by atoms with Crippen LogP contribution in [0.2, 0.25) is 0 Å². The summed E-state index contributed by atoms with van der Waals surface area (Å²) in [5.41, 5.74) is 0.761. The first kappa shape index (κ1) is 15.3. The summed E-state index contributed by atoms with van der Waals surface area (Å²) in [4.78, 5) is 2.09. The second kappa shape index (κ2) is 6.56. The number of aromatic nitrogens is 2. The van der Waals surface area contributed by atoms with E-state index in [1.54, 1.807) is 13.3 Å². The van der Waals surface area contributed by atoms with Gasteiger partial charge in [0.05, 0.1) is 26.0 Å². The van der Waals surface area contributed by atoms with Crippen molar-refractivity contribution in [3.63, 3.8) is 0 Å². The van der Waals surface area contributed by atoms with E-state index >= 15 is 0 Å². The van der Waals surface area contributed by atoms with E-state index in [0.29, 0.717) is 12.4 Å². The molecule has 2 heterocycles. The fourth-order valence-corrected chi connectivity index (χ4v) is 2.67. The van der Waals surface area contributed by atoms with Crippen LogP contribution in [-0.4, -0.2) is 60.2 Å². The summed E-state index contributed by atoms with van der Waals surface area (Å²) in [5, 5.41) is 15.0. The number of likely N-dealkylation sites (N-methyl/N-ethyl adjacent to an activating group) is 1. The van der Waals surface area contributed by atoms with Crippen LogP contribution in [0.5, 0.6) is 5.75 Å². The highest BCUT2D eigenvalue weighted by atomic mass is 16.5. The minimum Gasteiger partial charge on any atom is -0.493 e. The molecular weight excluding hydrogens is 258 g/mol. The lowest BCUT2D eigenvalue weighted by Gasteiger charge is -2.23. The Morgan fingerprint density at radius 1 is 1.60 bits per heavy atom. The van der Waals surface area contributed by atoms with Crippen molar-refractivity contribution in [1.82, 2.24) is 14.7 Å². The zero-order valence-corrected chi connectivity index (χ0v) is 12.7. The van der Waals surface area contributed by atoms with Gasteiger partial charge in [0.2, 0.25) is 0 Å². The summed E-state index contributed by atoms with van der Waals surface area (Å²) < 4.78 is 12.8. The lowest BCUT2D eigenvalue weighted by molar-refractivity contribution is 0.0373. The summed E-state index contributed by atoms with van der Waals surface area (Å²) >= 11 is 0. The summed E-state index contributed by atoms with van der Waals surface area (Å²) in [6, 6.07) is 0. The van der Waals surface area contributed by atoms with Gasteiger partial charge in [-0.25, -0.2) is 0 Å². The minimum absolute atomic E-state index is 0.0619. The van der Waals surface area contributed by atoms with E-state index < -0.39 is 6.10 Å². The van der Waals surface area contributed by atoms with Crippen molar-refractivity contribution in [3.05, 3.63) is 11.9 Å². The molecule has 6 heteroatoms. The third-order valence-electron chi connectivity index (χ3n) is 3.94. The highest BCUT2D eigenvalue weighted by molar-refractivity contribution is 5.28. The van der Waals surface area contributed by atoms with Gasteiger partial charge in [0.15, 0.2) is 5.75 Å². The van der Waals surface area contributed by atoms with Crippen LogP contribution in [-0.2, 0) is 11.3 Å². The van der Waals surface area contributed by atoms with Gasteiger partial charge in [-0.3, -0.25) is 4.68 Å². The van der Waals surface area contributed by atoms with Crippen LogP contribution >= 0.6 is 0 Å². The SMILES string of the molecule is COc1cnn(CCN(C)C)c1C(O)C1CCOC1C. The molecule has 0 radical (unpaired) electrons. The van der Waals surface area contributed by atoms with E-state index in [0.717, 1.165) is 25.2 Å². The average Bonchev–Trinajstić information content (AvgIpc) is 3.01. The molecule has 6 nitrogen and oxygen atoms in total. The quantitative estimate of drug-likeness (QED) is 0.841. The predicted octanol–water partition coefficient (Wildman–Crippen LogP) is 0.912. The Labute approximate surface area is 120 Å². The molecule has 0 bridgehead atoms. The molecule has 1 fully saturated rings. The van der Waals surface area contributed by atoms with E-state index in [4.69, 9.17) is 9.47 Å². The van der Waals surface area contributed by atoms with Crippen molar-refractivity contribution in [2.75, 3.05) is 34.4 Å². The molecule has 1 aliphatic heterocycles. The Balaban J connectivity index is 2.21. The minimum atomic E-state index is -0.605. The largest absolute Gasteiger partial charge is 0.493 e. The van der Waals surface area contributed by atoms with Gasteiger partial charge in [0.1, 0.15) is 11.8 Å². The van der Waals surface area contributed by atoms with Crippen molar-refractivity contribution in [1.29, 1.82) is 0 Å². The number of nitrogens with zero attached hydrogens (tertiary/aromatic N) is 3. The van der Waals surface area contributed by atoms with Crippen LogP contribution in [0.25, 0.3) is 0 Å². The second-order valence-corrected chi connectivity index (χ2v) is 5.60. The standard InChI is InChI=1S/C14H25N3O3/c1-10-11(5-8-20-10)14(18)13-12(19-4)9-15-17(13)7-6-16(2)3/h9-11,14,18H,5-8H2,1-4H3. The Morgan fingerprint density at radius 3 is 2.90 bits per heavy atom. The van der Waals surface area contributed by atoms with Crippen molar-refractivity contribution in [2.45, 2.75) is 32.1 Å². The van der Waals surface area contributed by atoms with E-state index in [1.165, 1.54) is 0 Å². The van der Waals surface area contributed by atoms with Crippen LogP contribution in [0.1, 0.15) is 25.1 Å². The van der Waals surface area contributed by atoms with Gasteiger partial charge in [-0.15, -0.1) is 0 Å². The van der Waals surface area contributed by atoms with E-state index in [-0.39, 0.29) is 12.0 Å². The number of rotatable bonds is 6. The zero-order valence-electron chi connectivity index (χ0n) is 12.7. The predicted molar refractivity (Wildman–Crippen MR) is 75.8 cm³/mol. The molecule has 1 N–H and O–H groups in total. The fraction of sp³-hybridized carbons (Fsp3) is 0.786. The molecule has 1 saturated heterocycles. The Hall–Kier alpha value is -1.11. The number of methoxy groups -OCH3 is 1. The third kappa shape index (κ3) is 3.13. The first-order valence-corrected chi connectivity index (χ1v) is 7.08. The number of aliphatic hydroxyl groups is 1. The Bertz CT molecular complexity index is 433. The normalized spacial score (nSPS) is 24.3. The summed E-state index contributed by atoms with van der Waals surface area (Å²) in [6.45, 7) is 4.30.